The van der Waals surface area contributed by atoms with E-state index < -0.39 is 5.60 Å². The monoisotopic (exact) mass is 395 g/mol. The Morgan fingerprint density at radius 2 is 1.89 bits per heavy atom. The molecule has 28 heavy (non-hydrogen) atoms. The summed E-state index contributed by atoms with van der Waals surface area (Å²) in [7, 11) is 1.78. The van der Waals surface area contributed by atoms with Crippen LogP contribution in [-0.2, 0) is 4.74 Å². The molecule has 7 nitrogen and oxygen atoms in total. The quantitative estimate of drug-likeness (QED) is 0.351. The third-order valence-corrected chi connectivity index (χ3v) is 4.64. The van der Waals surface area contributed by atoms with E-state index in [1.54, 1.807) is 7.05 Å². The van der Waals surface area contributed by atoms with E-state index in [-0.39, 0.29) is 18.1 Å². The van der Waals surface area contributed by atoms with Crippen molar-refractivity contribution >= 4 is 12.1 Å². The van der Waals surface area contributed by atoms with Crippen LogP contribution in [-0.4, -0.2) is 67.9 Å². The van der Waals surface area contributed by atoms with Gasteiger partial charge in [-0.25, -0.2) is 4.79 Å². The van der Waals surface area contributed by atoms with E-state index in [4.69, 9.17) is 4.74 Å². The summed E-state index contributed by atoms with van der Waals surface area (Å²) in [5.41, 5.74) is 0.705. The van der Waals surface area contributed by atoms with Crippen LogP contribution in [0.5, 0.6) is 0 Å². The minimum atomic E-state index is -0.504. The van der Waals surface area contributed by atoms with Gasteiger partial charge in [0.05, 0.1) is 6.04 Å². The van der Waals surface area contributed by atoms with Crippen LogP contribution in [0.25, 0.3) is 0 Å². The maximum Gasteiger partial charge on any atom is 0.407 e. The smallest absolute Gasteiger partial charge is 0.407 e. The maximum atomic E-state index is 12.1. The molecule has 3 N–H and O–H groups in total. The van der Waals surface area contributed by atoms with Crippen molar-refractivity contribution in [1.29, 1.82) is 0 Å². The highest BCUT2D eigenvalue weighted by Crippen LogP contribution is 2.12. The predicted octanol–water partition coefficient (Wildman–Crippen LogP) is 2.74. The number of rotatable bonds is 7. The van der Waals surface area contributed by atoms with Crippen molar-refractivity contribution < 1.29 is 9.53 Å². The second kappa shape index (κ2) is 11.3. The van der Waals surface area contributed by atoms with Crippen molar-refractivity contribution in [2.45, 2.75) is 72.1 Å². The zero-order valence-electron chi connectivity index (χ0n) is 18.9. The third-order valence-electron chi connectivity index (χ3n) is 4.64. The fourth-order valence-corrected chi connectivity index (χ4v) is 3.12. The van der Waals surface area contributed by atoms with Crippen molar-refractivity contribution in [2.75, 3.05) is 33.2 Å². The topological polar surface area (TPSA) is 78.0 Å². The van der Waals surface area contributed by atoms with Gasteiger partial charge in [0.15, 0.2) is 5.96 Å². The van der Waals surface area contributed by atoms with Crippen LogP contribution in [0.15, 0.2) is 17.1 Å². The fraction of sp³-hybridized carbons (Fsp3) is 0.810. The molecule has 0 radical (unpaired) electrons. The van der Waals surface area contributed by atoms with Gasteiger partial charge in [-0.2, -0.15) is 0 Å². The van der Waals surface area contributed by atoms with Gasteiger partial charge in [-0.15, -0.1) is 0 Å². The van der Waals surface area contributed by atoms with E-state index in [2.05, 4.69) is 53.2 Å². The molecule has 0 saturated carbocycles. The molecule has 162 valence electrons. The number of carbonyl (C=O) groups is 1. The maximum absolute atomic E-state index is 12.1. The van der Waals surface area contributed by atoms with E-state index >= 15 is 0 Å². The highest BCUT2D eigenvalue weighted by Gasteiger charge is 2.23. The number of carbonyl (C=O) groups excluding carboxylic acids is 1. The molecule has 0 aromatic rings. The molecule has 1 atom stereocenters. The van der Waals surface area contributed by atoms with Crippen LogP contribution in [0.4, 0.5) is 4.79 Å². The van der Waals surface area contributed by atoms with Crippen LogP contribution >= 0.6 is 0 Å². The summed E-state index contributed by atoms with van der Waals surface area (Å²) in [6.45, 7) is 19.5. The molecule has 0 spiro atoms. The Morgan fingerprint density at radius 3 is 2.36 bits per heavy atom. The first-order valence-electron chi connectivity index (χ1n) is 10.3. The Kier molecular flexibility index (Phi) is 9.79. The lowest BCUT2D eigenvalue weighted by Crippen LogP contribution is -2.53. The largest absolute Gasteiger partial charge is 0.444 e. The molecule has 1 unspecified atom stereocenters. The zero-order valence-corrected chi connectivity index (χ0v) is 18.9. The molecule has 1 aliphatic heterocycles. The predicted molar refractivity (Wildman–Crippen MR) is 117 cm³/mol. The first-order valence-corrected chi connectivity index (χ1v) is 10.3. The highest BCUT2D eigenvalue weighted by molar-refractivity contribution is 5.80. The summed E-state index contributed by atoms with van der Waals surface area (Å²) >= 11 is 0. The number of guanidine groups is 1. The van der Waals surface area contributed by atoms with Gasteiger partial charge in [-0.3, -0.25) is 9.89 Å². The number of hydrogen-bond donors (Lipinski definition) is 3. The molecule has 0 aliphatic carbocycles. The number of ether oxygens (including phenoxy) is 1. The van der Waals surface area contributed by atoms with Gasteiger partial charge in [0.2, 0.25) is 0 Å². The molecule has 1 saturated heterocycles. The normalized spacial score (nSPS) is 17.9. The third kappa shape index (κ3) is 9.97. The van der Waals surface area contributed by atoms with Gasteiger partial charge < -0.3 is 20.7 Å². The Balaban J connectivity index is 2.46. The molecule has 1 heterocycles. The van der Waals surface area contributed by atoms with Gasteiger partial charge in [-0.05, 0) is 46.5 Å². The number of nitrogens with one attached hydrogen (secondary N) is 3. The van der Waals surface area contributed by atoms with Crippen LogP contribution in [0, 0.1) is 5.92 Å². The lowest BCUT2D eigenvalue weighted by molar-refractivity contribution is 0.0491. The van der Waals surface area contributed by atoms with E-state index in [0.29, 0.717) is 12.6 Å². The summed E-state index contributed by atoms with van der Waals surface area (Å²) < 4.78 is 5.38. The minimum absolute atomic E-state index is 0.0502. The number of amides is 1. The van der Waals surface area contributed by atoms with E-state index in [1.807, 2.05) is 20.8 Å². The number of aliphatic imine (C=N–C) groups is 1. The van der Waals surface area contributed by atoms with Crippen LogP contribution in [0.3, 0.4) is 0 Å². The van der Waals surface area contributed by atoms with Gasteiger partial charge in [0.25, 0.3) is 0 Å². The second-order valence-electron chi connectivity index (χ2n) is 9.10. The molecule has 0 aromatic carbocycles. The Hall–Kier alpha value is -1.76. The van der Waals surface area contributed by atoms with Gasteiger partial charge in [0.1, 0.15) is 5.60 Å². The minimum Gasteiger partial charge on any atom is -0.444 e. The number of alkyl carbamates (subject to hydrolysis) is 1. The van der Waals surface area contributed by atoms with Crippen LogP contribution in [0.2, 0.25) is 0 Å². The number of hydrogen-bond acceptors (Lipinski definition) is 4. The second-order valence-corrected chi connectivity index (χ2v) is 9.10. The average Bonchev–Trinajstić information content (AvgIpc) is 2.56. The summed E-state index contributed by atoms with van der Waals surface area (Å²) in [4.78, 5) is 18.9. The standard InChI is InChI=1S/C21H41N5O2/c1-15(2)14-26-11-9-17(10-12-26)24-19(22-8)23-13-18(16(3)4)25-20(27)28-21(5,6)7/h16-18H,1,9-14H2,2-8H3,(H,25,27)(H2,22,23,24). The molecule has 7 heteroatoms. The Labute approximate surface area is 171 Å². The molecule has 0 bridgehead atoms. The molecule has 1 rings (SSSR count). The van der Waals surface area contributed by atoms with Crippen LogP contribution < -0.4 is 16.0 Å². The number of likely N-dealkylation sites (tertiary alicyclic amines) is 1. The lowest BCUT2D eigenvalue weighted by atomic mass is 10.0. The van der Waals surface area contributed by atoms with Gasteiger partial charge in [-0.1, -0.05) is 26.0 Å². The molecular weight excluding hydrogens is 354 g/mol. The molecule has 1 aliphatic rings. The average molecular weight is 396 g/mol. The summed E-state index contributed by atoms with van der Waals surface area (Å²) in [6.07, 6.45) is 1.77. The summed E-state index contributed by atoms with van der Waals surface area (Å²) in [5.74, 6) is 1.04. The molecule has 1 amide bonds. The first-order chi connectivity index (χ1) is 13.0. The van der Waals surface area contributed by atoms with E-state index in [9.17, 15) is 4.79 Å². The van der Waals surface area contributed by atoms with Crippen LogP contribution in [0.1, 0.15) is 54.4 Å². The Morgan fingerprint density at radius 1 is 1.29 bits per heavy atom. The lowest BCUT2D eigenvalue weighted by Gasteiger charge is -2.33. The number of piperidine rings is 1. The SMILES string of the molecule is C=C(C)CN1CCC(NC(=NC)NCC(NC(=O)OC(C)(C)C)C(C)C)CC1. The fourth-order valence-electron chi connectivity index (χ4n) is 3.12. The highest BCUT2D eigenvalue weighted by atomic mass is 16.6. The van der Waals surface area contributed by atoms with E-state index in [0.717, 1.165) is 38.4 Å². The van der Waals surface area contributed by atoms with E-state index in [1.165, 1.54) is 5.57 Å². The summed E-state index contributed by atoms with van der Waals surface area (Å²) in [6, 6.07) is 0.356. The van der Waals surface area contributed by atoms with Crippen molar-refractivity contribution in [3.8, 4) is 0 Å². The molecule has 1 fully saturated rings. The van der Waals surface area contributed by atoms with Crippen molar-refractivity contribution in [1.82, 2.24) is 20.9 Å². The van der Waals surface area contributed by atoms with Crippen molar-refractivity contribution in [3.63, 3.8) is 0 Å². The molecular formula is C21H41N5O2. The molecule has 0 aromatic heterocycles. The van der Waals surface area contributed by atoms with Gasteiger partial charge >= 0.3 is 6.09 Å². The van der Waals surface area contributed by atoms with Gasteiger partial charge in [0, 0.05) is 39.3 Å². The number of nitrogens with zero attached hydrogens (tertiary/aromatic N) is 2. The van der Waals surface area contributed by atoms with Crippen molar-refractivity contribution in [2.24, 2.45) is 10.9 Å². The first kappa shape index (κ1) is 24.3. The van der Waals surface area contributed by atoms with Crippen molar-refractivity contribution in [3.05, 3.63) is 12.2 Å². The summed E-state index contributed by atoms with van der Waals surface area (Å²) in [5, 5.41) is 9.82. The Bertz CT molecular complexity index is 531. The zero-order chi connectivity index (χ0) is 21.3.